The third-order valence-corrected chi connectivity index (χ3v) is 2.73. The molecule has 0 saturated carbocycles. The lowest BCUT2D eigenvalue weighted by Gasteiger charge is -2.34. The number of nitrogens with zero attached hydrogens (tertiary/aromatic N) is 1. The number of aliphatic hydroxyl groups excluding tert-OH is 1. The molecule has 1 saturated heterocycles. The first-order valence-corrected chi connectivity index (χ1v) is 5.75. The summed E-state index contributed by atoms with van der Waals surface area (Å²) in [6.07, 6.45) is -0.118. The average Bonchev–Trinajstić information content (AvgIpc) is 2.37. The van der Waals surface area contributed by atoms with Crippen LogP contribution in [0.5, 0.6) is 0 Å². The minimum Gasteiger partial charge on any atom is -0.480 e. The summed E-state index contributed by atoms with van der Waals surface area (Å²) in [5.41, 5.74) is 5.15. The monoisotopic (exact) mass is 275 g/mol. The van der Waals surface area contributed by atoms with E-state index >= 15 is 0 Å². The van der Waals surface area contributed by atoms with Gasteiger partial charge < -0.3 is 30.9 Å². The van der Waals surface area contributed by atoms with Gasteiger partial charge in [-0.1, -0.05) is 0 Å². The Morgan fingerprint density at radius 1 is 1.47 bits per heavy atom. The van der Waals surface area contributed by atoms with Crippen molar-refractivity contribution in [1.82, 2.24) is 10.2 Å². The zero-order valence-corrected chi connectivity index (χ0v) is 10.2. The standard InChI is InChI=1S/C10H17N3O6/c11-8(15)7-5-19-4-2-13(7)10(18)12-6(1-3-14)9(16)17/h6-7,14H,1-5H2,(H2,11,15)(H,12,18)(H,16,17)/t6-,7?/m0/s1. The van der Waals surface area contributed by atoms with E-state index in [0.717, 1.165) is 4.90 Å². The summed E-state index contributed by atoms with van der Waals surface area (Å²) in [4.78, 5) is 35.1. The molecule has 0 radical (unpaired) electrons. The number of ether oxygens (including phenoxy) is 1. The number of urea groups is 1. The lowest BCUT2D eigenvalue weighted by atomic mass is 10.2. The Hall–Kier alpha value is -1.87. The fourth-order valence-corrected chi connectivity index (χ4v) is 1.70. The first-order chi connectivity index (χ1) is 8.97. The smallest absolute Gasteiger partial charge is 0.326 e. The van der Waals surface area contributed by atoms with Crippen LogP contribution >= 0.6 is 0 Å². The molecule has 1 unspecified atom stereocenters. The largest absolute Gasteiger partial charge is 0.480 e. The molecule has 0 aromatic carbocycles. The molecule has 0 aromatic heterocycles. The summed E-state index contributed by atoms with van der Waals surface area (Å²) in [5.74, 6) is -1.98. The predicted octanol–water partition coefficient (Wildman–Crippen LogP) is -2.28. The van der Waals surface area contributed by atoms with E-state index in [-0.39, 0.29) is 32.8 Å². The van der Waals surface area contributed by atoms with Crippen molar-refractivity contribution in [2.24, 2.45) is 5.73 Å². The van der Waals surface area contributed by atoms with Crippen LogP contribution in [0.1, 0.15) is 6.42 Å². The number of hydrogen-bond acceptors (Lipinski definition) is 5. The Morgan fingerprint density at radius 2 is 2.16 bits per heavy atom. The van der Waals surface area contributed by atoms with Gasteiger partial charge in [0.25, 0.3) is 0 Å². The highest BCUT2D eigenvalue weighted by Gasteiger charge is 2.33. The topological polar surface area (TPSA) is 142 Å². The van der Waals surface area contributed by atoms with Gasteiger partial charge in [-0.25, -0.2) is 9.59 Å². The zero-order chi connectivity index (χ0) is 14.4. The summed E-state index contributed by atoms with van der Waals surface area (Å²) in [5, 5.41) is 19.8. The zero-order valence-electron chi connectivity index (χ0n) is 10.2. The predicted molar refractivity (Wildman–Crippen MR) is 62.2 cm³/mol. The van der Waals surface area contributed by atoms with E-state index in [1.54, 1.807) is 0 Å². The van der Waals surface area contributed by atoms with Crippen molar-refractivity contribution in [3.63, 3.8) is 0 Å². The van der Waals surface area contributed by atoms with Gasteiger partial charge in [-0.3, -0.25) is 4.79 Å². The molecule has 0 aliphatic carbocycles. The number of carboxylic acids is 1. The lowest BCUT2D eigenvalue weighted by Crippen LogP contribution is -2.59. The highest BCUT2D eigenvalue weighted by Crippen LogP contribution is 2.07. The fraction of sp³-hybridized carbons (Fsp3) is 0.700. The highest BCUT2D eigenvalue weighted by molar-refractivity contribution is 5.88. The third-order valence-electron chi connectivity index (χ3n) is 2.73. The second kappa shape index (κ2) is 6.90. The molecular weight excluding hydrogens is 258 g/mol. The molecule has 0 spiro atoms. The van der Waals surface area contributed by atoms with Gasteiger partial charge in [0.1, 0.15) is 12.1 Å². The van der Waals surface area contributed by atoms with Crippen LogP contribution in [0.4, 0.5) is 4.79 Å². The van der Waals surface area contributed by atoms with Gasteiger partial charge in [-0.15, -0.1) is 0 Å². The van der Waals surface area contributed by atoms with Crippen LogP contribution in [-0.4, -0.2) is 71.5 Å². The molecule has 108 valence electrons. The SMILES string of the molecule is NC(=O)C1COCCN1C(=O)N[C@@H](CCO)C(=O)O. The molecule has 19 heavy (non-hydrogen) atoms. The maximum Gasteiger partial charge on any atom is 0.326 e. The minimum atomic E-state index is -1.26. The normalized spacial score (nSPS) is 20.7. The Bertz CT molecular complexity index is 361. The van der Waals surface area contributed by atoms with Crippen LogP contribution in [0.25, 0.3) is 0 Å². The molecule has 9 heteroatoms. The molecule has 0 bridgehead atoms. The van der Waals surface area contributed by atoms with Gasteiger partial charge in [0.2, 0.25) is 5.91 Å². The van der Waals surface area contributed by atoms with Crippen molar-refractivity contribution in [3.8, 4) is 0 Å². The van der Waals surface area contributed by atoms with Crippen molar-refractivity contribution in [3.05, 3.63) is 0 Å². The summed E-state index contributed by atoms with van der Waals surface area (Å²) in [6, 6.07) is -2.85. The molecule has 1 fully saturated rings. The maximum absolute atomic E-state index is 11.9. The minimum absolute atomic E-state index is 0.0134. The van der Waals surface area contributed by atoms with Crippen molar-refractivity contribution < 1.29 is 29.3 Å². The van der Waals surface area contributed by atoms with E-state index in [2.05, 4.69) is 5.32 Å². The molecule has 1 aliphatic rings. The van der Waals surface area contributed by atoms with Crippen LogP contribution < -0.4 is 11.1 Å². The number of nitrogens with two attached hydrogens (primary N) is 1. The van der Waals surface area contributed by atoms with Gasteiger partial charge in [-0.2, -0.15) is 0 Å². The van der Waals surface area contributed by atoms with Crippen molar-refractivity contribution in [2.75, 3.05) is 26.4 Å². The number of aliphatic carboxylic acids is 1. The van der Waals surface area contributed by atoms with Gasteiger partial charge >= 0.3 is 12.0 Å². The third kappa shape index (κ3) is 4.07. The van der Waals surface area contributed by atoms with Crippen LogP contribution in [0.15, 0.2) is 0 Å². The van der Waals surface area contributed by atoms with Crippen molar-refractivity contribution >= 4 is 17.9 Å². The number of carbonyl (C=O) groups excluding carboxylic acids is 2. The Labute approximate surface area is 109 Å². The highest BCUT2D eigenvalue weighted by atomic mass is 16.5. The average molecular weight is 275 g/mol. The quantitative estimate of drug-likeness (QED) is 0.445. The summed E-state index contributed by atoms with van der Waals surface area (Å²) in [6.45, 7) is -0.0000602. The molecule has 2 atom stereocenters. The Balaban J connectivity index is 2.68. The van der Waals surface area contributed by atoms with E-state index in [0.29, 0.717) is 0 Å². The van der Waals surface area contributed by atoms with Gasteiger partial charge in [0.05, 0.1) is 13.2 Å². The van der Waals surface area contributed by atoms with Crippen molar-refractivity contribution in [2.45, 2.75) is 18.5 Å². The Morgan fingerprint density at radius 3 is 2.68 bits per heavy atom. The number of hydrogen-bond donors (Lipinski definition) is 4. The van der Waals surface area contributed by atoms with E-state index < -0.39 is 30.0 Å². The summed E-state index contributed by atoms with van der Waals surface area (Å²) >= 11 is 0. The summed E-state index contributed by atoms with van der Waals surface area (Å²) < 4.78 is 5.04. The van der Waals surface area contributed by atoms with Crippen LogP contribution in [-0.2, 0) is 14.3 Å². The molecular formula is C10H17N3O6. The van der Waals surface area contributed by atoms with Crippen LogP contribution in [0.2, 0.25) is 0 Å². The second-order valence-electron chi connectivity index (χ2n) is 4.04. The number of morpholine rings is 1. The van der Waals surface area contributed by atoms with Gasteiger partial charge in [0, 0.05) is 19.6 Å². The number of rotatable bonds is 5. The first-order valence-electron chi connectivity index (χ1n) is 5.75. The van der Waals surface area contributed by atoms with E-state index in [4.69, 9.17) is 20.7 Å². The van der Waals surface area contributed by atoms with Crippen molar-refractivity contribution in [1.29, 1.82) is 0 Å². The number of amides is 3. The number of primary amides is 1. The van der Waals surface area contributed by atoms with E-state index in [9.17, 15) is 14.4 Å². The first kappa shape index (κ1) is 15.2. The number of carboxylic acid groups (broad SMARTS) is 1. The second-order valence-corrected chi connectivity index (χ2v) is 4.04. The molecule has 1 rings (SSSR count). The van der Waals surface area contributed by atoms with Gasteiger partial charge in [-0.05, 0) is 0 Å². The van der Waals surface area contributed by atoms with E-state index in [1.807, 2.05) is 0 Å². The number of nitrogens with one attached hydrogen (secondary N) is 1. The molecule has 3 amide bonds. The molecule has 0 aromatic rings. The van der Waals surface area contributed by atoms with E-state index in [1.165, 1.54) is 0 Å². The number of aliphatic hydroxyl groups is 1. The van der Waals surface area contributed by atoms with Crippen LogP contribution in [0, 0.1) is 0 Å². The maximum atomic E-state index is 11.9. The molecule has 1 heterocycles. The lowest BCUT2D eigenvalue weighted by molar-refractivity contribution is -0.139. The Kier molecular flexibility index (Phi) is 5.52. The number of carbonyl (C=O) groups is 3. The van der Waals surface area contributed by atoms with Gasteiger partial charge in [0.15, 0.2) is 0 Å². The van der Waals surface area contributed by atoms with Crippen LogP contribution in [0.3, 0.4) is 0 Å². The molecule has 5 N–H and O–H groups in total. The molecule has 1 aliphatic heterocycles. The summed E-state index contributed by atoms with van der Waals surface area (Å²) in [7, 11) is 0. The fourth-order valence-electron chi connectivity index (χ4n) is 1.70. The molecule has 9 nitrogen and oxygen atoms in total.